The lowest BCUT2D eigenvalue weighted by molar-refractivity contribution is 0.0498. The Bertz CT molecular complexity index is 1820. The third kappa shape index (κ3) is 8.84. The molecule has 0 radical (unpaired) electrons. The molecular weight excluding hydrogens is 765 g/mol. The maximum absolute atomic E-state index is 14.2. The summed E-state index contributed by atoms with van der Waals surface area (Å²) in [6.45, 7) is 7.08. The summed E-state index contributed by atoms with van der Waals surface area (Å²) in [5.74, 6) is 0.101. The van der Waals surface area contributed by atoms with Crippen molar-refractivity contribution in [2.75, 3.05) is 37.5 Å². The van der Waals surface area contributed by atoms with E-state index < -0.39 is 23.6 Å². The topological polar surface area (TPSA) is 142 Å². The number of esters is 1. The number of imidazole rings is 1. The van der Waals surface area contributed by atoms with Crippen molar-refractivity contribution in [2.45, 2.75) is 58.3 Å². The van der Waals surface area contributed by atoms with Crippen LogP contribution in [-0.4, -0.2) is 76.3 Å². The quantitative estimate of drug-likeness (QED) is 0.147. The molecule has 0 aliphatic carbocycles. The summed E-state index contributed by atoms with van der Waals surface area (Å²) in [6.07, 6.45) is 2.49. The first-order valence-corrected chi connectivity index (χ1v) is 17.1. The number of nitrogens with zero attached hydrogens (tertiary/aromatic N) is 5. The molecule has 3 heterocycles. The van der Waals surface area contributed by atoms with Crippen LogP contribution in [-0.2, 0) is 22.6 Å². The first kappa shape index (κ1) is 36.0. The van der Waals surface area contributed by atoms with Gasteiger partial charge in [-0.15, -0.1) is 0 Å². The molecule has 260 valence electrons. The third-order valence-corrected chi connectivity index (χ3v) is 8.91. The molecule has 1 fully saturated rings. The standard InChI is InChI=1S/C34H39ClIN7O6/c1-34(2,3)49-33(46)38-23-10-8-16-41(20-23)32-40-29(36)28(42(32)19-22-9-6-7-11-25(22)35)30(44)39-26-17-37-43(27(26)31(45)48-5)18-21-12-14-24(47-4)15-13-21/h6-7,9,11-15,17,23H,8,10,16,18-20H2,1-5H3,(H,38,46)(H,39,44)/t23-/m1/s1. The molecule has 13 nitrogen and oxygen atoms in total. The van der Waals surface area contributed by atoms with Crippen molar-refractivity contribution >= 4 is 63.8 Å². The highest BCUT2D eigenvalue weighted by Gasteiger charge is 2.31. The lowest BCUT2D eigenvalue weighted by atomic mass is 10.1. The second-order valence-corrected chi connectivity index (χ2v) is 13.9. The summed E-state index contributed by atoms with van der Waals surface area (Å²) >= 11 is 8.63. The maximum Gasteiger partial charge on any atom is 0.407 e. The van der Waals surface area contributed by atoms with E-state index in [1.165, 1.54) is 18.0 Å². The van der Waals surface area contributed by atoms with Gasteiger partial charge in [0.25, 0.3) is 5.91 Å². The Morgan fingerprint density at radius 1 is 1.04 bits per heavy atom. The van der Waals surface area contributed by atoms with Crippen LogP contribution in [0, 0.1) is 3.70 Å². The summed E-state index contributed by atoms with van der Waals surface area (Å²) in [5.41, 5.74) is 1.58. The van der Waals surface area contributed by atoms with Crippen molar-refractivity contribution < 1.29 is 28.6 Å². The van der Waals surface area contributed by atoms with Crippen LogP contribution >= 0.6 is 34.2 Å². The predicted molar refractivity (Wildman–Crippen MR) is 194 cm³/mol. The summed E-state index contributed by atoms with van der Waals surface area (Å²) in [4.78, 5) is 46.6. The smallest absolute Gasteiger partial charge is 0.407 e. The van der Waals surface area contributed by atoms with Crippen molar-refractivity contribution in [1.29, 1.82) is 0 Å². The van der Waals surface area contributed by atoms with Gasteiger partial charge in [0, 0.05) is 24.2 Å². The fourth-order valence-electron chi connectivity index (χ4n) is 5.56. The molecule has 1 aliphatic heterocycles. The van der Waals surface area contributed by atoms with Gasteiger partial charge in [0.1, 0.15) is 20.7 Å². The van der Waals surface area contributed by atoms with Gasteiger partial charge in [-0.05, 0) is 85.5 Å². The minimum absolute atomic E-state index is 0.0890. The number of alkyl carbamates (subject to hydrolysis) is 1. The highest BCUT2D eigenvalue weighted by molar-refractivity contribution is 14.1. The molecule has 2 amide bonds. The molecule has 2 N–H and O–H groups in total. The third-order valence-electron chi connectivity index (χ3n) is 7.79. The Kier molecular flexibility index (Phi) is 11.4. The van der Waals surface area contributed by atoms with Gasteiger partial charge in [0.2, 0.25) is 5.95 Å². The van der Waals surface area contributed by atoms with Crippen molar-refractivity contribution in [2.24, 2.45) is 0 Å². The van der Waals surface area contributed by atoms with E-state index in [9.17, 15) is 14.4 Å². The summed E-state index contributed by atoms with van der Waals surface area (Å²) in [5, 5.41) is 10.8. The van der Waals surface area contributed by atoms with Crippen molar-refractivity contribution in [3.8, 4) is 5.75 Å². The van der Waals surface area contributed by atoms with Crippen LogP contribution < -0.4 is 20.3 Å². The van der Waals surface area contributed by atoms with Crippen molar-refractivity contribution in [3.63, 3.8) is 0 Å². The van der Waals surface area contributed by atoms with Crippen LogP contribution in [0.2, 0.25) is 5.02 Å². The summed E-state index contributed by atoms with van der Waals surface area (Å²) in [7, 11) is 2.86. The zero-order chi connectivity index (χ0) is 35.3. The maximum atomic E-state index is 14.2. The van der Waals surface area contributed by atoms with Crippen molar-refractivity contribution in [3.05, 3.63) is 86.0 Å². The molecule has 2 aromatic carbocycles. The molecule has 1 saturated heterocycles. The second-order valence-electron chi connectivity index (χ2n) is 12.5. The van der Waals surface area contributed by atoms with Gasteiger partial charge < -0.3 is 34.3 Å². The Hall–Kier alpha value is -4.31. The molecule has 1 aliphatic rings. The minimum atomic E-state index is -0.655. The first-order valence-electron chi connectivity index (χ1n) is 15.7. The van der Waals surface area contributed by atoms with Gasteiger partial charge in [-0.1, -0.05) is 41.9 Å². The van der Waals surface area contributed by atoms with Gasteiger partial charge in [0.15, 0.2) is 5.69 Å². The van der Waals surface area contributed by atoms with Crippen molar-refractivity contribution in [1.82, 2.24) is 24.6 Å². The Morgan fingerprint density at radius 3 is 2.45 bits per heavy atom. The van der Waals surface area contributed by atoms with E-state index in [0.717, 1.165) is 24.0 Å². The number of methoxy groups -OCH3 is 2. The minimum Gasteiger partial charge on any atom is -0.497 e. The number of anilines is 2. The van der Waals surface area contributed by atoms with Crippen LogP contribution in [0.5, 0.6) is 5.75 Å². The van der Waals surface area contributed by atoms with Gasteiger partial charge in [-0.3, -0.25) is 9.48 Å². The summed E-state index contributed by atoms with van der Waals surface area (Å²) in [6, 6.07) is 14.6. The number of piperidine rings is 1. The van der Waals surface area contributed by atoms with E-state index in [1.807, 2.05) is 95.3 Å². The molecule has 49 heavy (non-hydrogen) atoms. The SMILES string of the molecule is COC(=O)c1c(NC(=O)c2c(I)nc(N3CCC[C@@H](NC(=O)OC(C)(C)C)C3)n2Cc2ccccc2Cl)cnn1Cc1ccc(OC)cc1. The number of nitrogens with one attached hydrogen (secondary N) is 2. The Balaban J connectivity index is 1.46. The van der Waals surface area contributed by atoms with E-state index in [4.69, 9.17) is 30.8 Å². The molecule has 5 rings (SSSR count). The molecule has 0 unspecified atom stereocenters. The largest absolute Gasteiger partial charge is 0.497 e. The fourth-order valence-corrected chi connectivity index (χ4v) is 6.51. The number of halogens is 2. The highest BCUT2D eigenvalue weighted by atomic mass is 127. The molecule has 0 spiro atoms. The predicted octanol–water partition coefficient (Wildman–Crippen LogP) is 5.98. The first-order chi connectivity index (χ1) is 23.4. The molecule has 1 atom stereocenters. The molecule has 2 aromatic heterocycles. The number of carbonyl (C=O) groups excluding carboxylic acids is 3. The lowest BCUT2D eigenvalue weighted by Gasteiger charge is -2.34. The number of ether oxygens (including phenoxy) is 3. The lowest BCUT2D eigenvalue weighted by Crippen LogP contribution is -2.49. The molecular formula is C34H39ClIN7O6. The van der Waals surface area contributed by atoms with Crippen LogP contribution in [0.3, 0.4) is 0 Å². The number of benzene rings is 2. The second kappa shape index (κ2) is 15.5. The van der Waals surface area contributed by atoms with Crippen LogP contribution in [0.25, 0.3) is 0 Å². The number of hydrogen-bond acceptors (Lipinski definition) is 9. The van der Waals surface area contributed by atoms with Gasteiger partial charge in [0.05, 0.1) is 39.2 Å². The Labute approximate surface area is 303 Å². The van der Waals surface area contributed by atoms with E-state index in [2.05, 4.69) is 15.7 Å². The molecule has 0 saturated carbocycles. The zero-order valence-corrected chi connectivity index (χ0v) is 30.9. The van der Waals surface area contributed by atoms with E-state index >= 15 is 0 Å². The normalized spacial score (nSPS) is 14.7. The Morgan fingerprint density at radius 2 is 1.78 bits per heavy atom. The van der Waals surface area contributed by atoms with E-state index in [0.29, 0.717) is 33.5 Å². The van der Waals surface area contributed by atoms with Gasteiger partial charge in [-0.25, -0.2) is 14.6 Å². The highest BCUT2D eigenvalue weighted by Crippen LogP contribution is 2.29. The van der Waals surface area contributed by atoms with E-state index in [-0.39, 0.29) is 36.2 Å². The van der Waals surface area contributed by atoms with Gasteiger partial charge in [-0.2, -0.15) is 5.10 Å². The molecule has 0 bridgehead atoms. The molecule has 4 aromatic rings. The number of hydrogen-bond donors (Lipinski definition) is 2. The number of aromatic nitrogens is 4. The van der Waals surface area contributed by atoms with Crippen LogP contribution in [0.4, 0.5) is 16.4 Å². The number of amides is 2. The number of rotatable bonds is 10. The van der Waals surface area contributed by atoms with E-state index in [1.54, 1.807) is 13.2 Å². The number of carbonyl (C=O) groups is 3. The monoisotopic (exact) mass is 803 g/mol. The zero-order valence-electron chi connectivity index (χ0n) is 28.0. The summed E-state index contributed by atoms with van der Waals surface area (Å²) < 4.78 is 19.5. The average molecular weight is 804 g/mol. The average Bonchev–Trinajstić information content (AvgIpc) is 3.60. The van der Waals surface area contributed by atoms with Crippen LogP contribution in [0.1, 0.15) is 65.7 Å². The van der Waals surface area contributed by atoms with Crippen LogP contribution in [0.15, 0.2) is 54.7 Å². The fraction of sp³-hybridized carbons (Fsp3) is 0.382. The molecule has 15 heteroatoms. The van der Waals surface area contributed by atoms with Gasteiger partial charge >= 0.3 is 12.1 Å².